The lowest BCUT2D eigenvalue weighted by Gasteiger charge is -2.26. The first-order valence-electron chi connectivity index (χ1n) is 10.6. The first kappa shape index (κ1) is 18.4. The predicted molar refractivity (Wildman–Crippen MR) is 112 cm³/mol. The maximum atomic E-state index is 13.4. The van der Waals surface area contributed by atoms with Gasteiger partial charge in [0.2, 0.25) is 5.91 Å². The van der Waals surface area contributed by atoms with Crippen molar-refractivity contribution in [3.63, 3.8) is 0 Å². The molecule has 29 heavy (non-hydrogen) atoms. The van der Waals surface area contributed by atoms with E-state index < -0.39 is 0 Å². The lowest BCUT2D eigenvalue weighted by molar-refractivity contribution is -0.135. The summed E-state index contributed by atoms with van der Waals surface area (Å²) in [7, 11) is 0. The Morgan fingerprint density at radius 2 is 2.21 bits per heavy atom. The van der Waals surface area contributed by atoms with Crippen LogP contribution in [0.3, 0.4) is 0 Å². The molecule has 4 heterocycles. The third-order valence-corrected chi connectivity index (χ3v) is 7.22. The van der Waals surface area contributed by atoms with Crippen LogP contribution >= 0.6 is 0 Å². The van der Waals surface area contributed by atoms with Gasteiger partial charge in [0.1, 0.15) is 6.07 Å². The minimum absolute atomic E-state index is 0.0295. The van der Waals surface area contributed by atoms with Crippen molar-refractivity contribution in [2.45, 2.75) is 19.8 Å². The molecule has 6 nitrogen and oxygen atoms in total. The normalized spacial score (nSPS) is 29.1. The van der Waals surface area contributed by atoms with Crippen molar-refractivity contribution in [2.75, 3.05) is 44.2 Å². The molecule has 2 aromatic rings. The average molecular weight is 390 g/mol. The van der Waals surface area contributed by atoms with Gasteiger partial charge in [-0.3, -0.25) is 9.78 Å². The summed E-state index contributed by atoms with van der Waals surface area (Å²) in [4.78, 5) is 22.2. The van der Waals surface area contributed by atoms with E-state index in [1.165, 1.54) is 6.42 Å². The Kier molecular flexibility index (Phi) is 4.44. The van der Waals surface area contributed by atoms with Gasteiger partial charge in [-0.15, -0.1) is 0 Å². The minimum atomic E-state index is 0.0295. The first-order valence-corrected chi connectivity index (χ1v) is 10.6. The number of fused-ring (bicyclic) bond motifs is 1. The van der Waals surface area contributed by atoms with Crippen LogP contribution in [0, 0.1) is 28.6 Å². The number of likely N-dealkylation sites (tertiary alicyclic amines) is 1. The van der Waals surface area contributed by atoms with Crippen molar-refractivity contribution in [1.29, 1.82) is 5.26 Å². The summed E-state index contributed by atoms with van der Waals surface area (Å²) in [6.45, 7) is 7.71. The lowest BCUT2D eigenvalue weighted by Crippen LogP contribution is -2.39. The van der Waals surface area contributed by atoms with Crippen LogP contribution in [0.15, 0.2) is 30.5 Å². The molecule has 0 aliphatic carbocycles. The lowest BCUT2D eigenvalue weighted by atomic mass is 9.86. The maximum Gasteiger partial charge on any atom is 0.227 e. The van der Waals surface area contributed by atoms with Gasteiger partial charge in [0.25, 0.3) is 0 Å². The number of nitriles is 1. The third-order valence-electron chi connectivity index (χ3n) is 7.22. The second-order valence-corrected chi connectivity index (χ2v) is 9.07. The highest BCUT2D eigenvalue weighted by molar-refractivity contribution is 5.95. The van der Waals surface area contributed by atoms with E-state index in [2.05, 4.69) is 33.1 Å². The fourth-order valence-electron chi connectivity index (χ4n) is 5.51. The third kappa shape index (κ3) is 3.05. The van der Waals surface area contributed by atoms with Crippen LogP contribution in [0.25, 0.3) is 10.9 Å². The van der Waals surface area contributed by atoms with Crippen LogP contribution < -0.4 is 10.2 Å². The van der Waals surface area contributed by atoms with Crippen LogP contribution in [0.1, 0.15) is 25.3 Å². The fraction of sp³-hybridized carbons (Fsp3) is 0.522. The molecule has 1 aromatic heterocycles. The molecule has 3 atom stereocenters. The smallest absolute Gasteiger partial charge is 0.227 e. The zero-order valence-electron chi connectivity index (χ0n) is 16.9. The van der Waals surface area contributed by atoms with Crippen LogP contribution in [-0.2, 0) is 4.79 Å². The van der Waals surface area contributed by atoms with Gasteiger partial charge in [-0.1, -0.05) is 6.92 Å². The zero-order chi connectivity index (χ0) is 20.0. The number of pyridine rings is 1. The summed E-state index contributed by atoms with van der Waals surface area (Å²) in [6.07, 6.45) is 4.04. The van der Waals surface area contributed by atoms with Crippen molar-refractivity contribution >= 4 is 22.5 Å². The summed E-state index contributed by atoms with van der Waals surface area (Å²) in [5, 5.41) is 13.9. The van der Waals surface area contributed by atoms with Gasteiger partial charge < -0.3 is 15.1 Å². The zero-order valence-corrected chi connectivity index (χ0v) is 16.9. The summed E-state index contributed by atoms with van der Waals surface area (Å²) in [5.74, 6) is 0.657. The number of rotatable bonds is 2. The molecule has 3 saturated heterocycles. The summed E-state index contributed by atoms with van der Waals surface area (Å²) in [6, 6.07) is 10.0. The molecule has 6 heteroatoms. The van der Waals surface area contributed by atoms with E-state index in [4.69, 9.17) is 0 Å². The SMILES string of the molecule is CC1CN(c2ccc(C#N)c3ncccc23)CC1C(=O)N1CCC2(CCNC2)C1. The van der Waals surface area contributed by atoms with Gasteiger partial charge in [0.15, 0.2) is 0 Å². The minimum Gasteiger partial charge on any atom is -0.370 e. The molecule has 0 bridgehead atoms. The van der Waals surface area contributed by atoms with Gasteiger partial charge in [0, 0.05) is 55.4 Å². The molecule has 3 aliphatic heterocycles. The van der Waals surface area contributed by atoms with Gasteiger partial charge >= 0.3 is 0 Å². The number of hydrogen-bond donors (Lipinski definition) is 1. The Morgan fingerprint density at radius 3 is 3.00 bits per heavy atom. The molecule has 1 aromatic carbocycles. The van der Waals surface area contributed by atoms with Crippen molar-refractivity contribution in [3.8, 4) is 6.07 Å². The molecule has 3 unspecified atom stereocenters. The van der Waals surface area contributed by atoms with E-state index in [9.17, 15) is 10.1 Å². The number of nitrogens with zero attached hydrogens (tertiary/aromatic N) is 4. The second kappa shape index (κ2) is 7.00. The van der Waals surface area contributed by atoms with E-state index in [0.29, 0.717) is 22.8 Å². The molecule has 1 N–H and O–H groups in total. The largest absolute Gasteiger partial charge is 0.370 e. The summed E-state index contributed by atoms with van der Waals surface area (Å²) in [5.41, 5.74) is 2.72. The predicted octanol–water partition coefficient (Wildman–Crippen LogP) is 2.39. The Morgan fingerprint density at radius 1 is 1.31 bits per heavy atom. The molecule has 0 radical (unpaired) electrons. The molecule has 150 valence electrons. The van der Waals surface area contributed by atoms with Crippen molar-refractivity contribution < 1.29 is 4.79 Å². The molecule has 3 fully saturated rings. The van der Waals surface area contributed by atoms with E-state index in [0.717, 1.165) is 62.3 Å². The number of carbonyl (C=O) groups excluding carboxylic acids is 1. The quantitative estimate of drug-likeness (QED) is 0.854. The molecule has 1 amide bonds. The molecule has 0 saturated carbocycles. The van der Waals surface area contributed by atoms with Crippen LogP contribution in [-0.4, -0.2) is 55.1 Å². The average Bonchev–Trinajstić information content (AvgIpc) is 3.48. The highest BCUT2D eigenvalue weighted by atomic mass is 16.2. The van der Waals surface area contributed by atoms with E-state index in [1.807, 2.05) is 24.3 Å². The Balaban J connectivity index is 1.37. The monoisotopic (exact) mass is 389 g/mol. The van der Waals surface area contributed by atoms with Crippen LogP contribution in [0.4, 0.5) is 5.69 Å². The van der Waals surface area contributed by atoms with Gasteiger partial charge in [-0.25, -0.2) is 0 Å². The molecular weight excluding hydrogens is 362 g/mol. The molecular formula is C23H27N5O. The maximum absolute atomic E-state index is 13.4. The first-order chi connectivity index (χ1) is 14.1. The Hall–Kier alpha value is -2.65. The van der Waals surface area contributed by atoms with Crippen LogP contribution in [0.5, 0.6) is 0 Å². The molecule has 1 spiro atoms. The number of amides is 1. The van der Waals surface area contributed by atoms with Crippen LogP contribution in [0.2, 0.25) is 0 Å². The standard InChI is InChI=1S/C23H27N5O/c1-16-12-28(20-5-4-17(11-24)21-18(20)3-2-8-26-21)13-19(16)22(29)27-10-7-23(15-27)6-9-25-14-23/h2-5,8,16,19,25H,6-7,9-10,12-15H2,1H3. The van der Waals surface area contributed by atoms with Gasteiger partial charge in [-0.05, 0) is 49.6 Å². The fourth-order valence-corrected chi connectivity index (χ4v) is 5.51. The number of carbonyl (C=O) groups is 1. The van der Waals surface area contributed by atoms with Gasteiger partial charge in [0.05, 0.1) is 17.0 Å². The second-order valence-electron chi connectivity index (χ2n) is 9.07. The van der Waals surface area contributed by atoms with Crippen molar-refractivity contribution in [1.82, 2.24) is 15.2 Å². The van der Waals surface area contributed by atoms with Crippen molar-refractivity contribution in [2.24, 2.45) is 17.3 Å². The van der Waals surface area contributed by atoms with Gasteiger partial charge in [-0.2, -0.15) is 5.26 Å². The number of anilines is 1. The number of hydrogen-bond acceptors (Lipinski definition) is 5. The van der Waals surface area contributed by atoms with E-state index in [-0.39, 0.29) is 5.92 Å². The number of aromatic nitrogens is 1. The summed E-state index contributed by atoms with van der Waals surface area (Å²) < 4.78 is 0. The Bertz CT molecular complexity index is 990. The van der Waals surface area contributed by atoms with Crippen molar-refractivity contribution in [3.05, 3.63) is 36.0 Å². The Labute approximate surface area is 171 Å². The van der Waals surface area contributed by atoms with E-state index in [1.54, 1.807) is 6.20 Å². The molecule has 5 rings (SSSR count). The highest BCUT2D eigenvalue weighted by Crippen LogP contribution is 2.39. The number of benzene rings is 1. The number of nitrogens with one attached hydrogen (secondary N) is 1. The topological polar surface area (TPSA) is 72.3 Å². The summed E-state index contributed by atoms with van der Waals surface area (Å²) >= 11 is 0. The molecule has 3 aliphatic rings. The highest BCUT2D eigenvalue weighted by Gasteiger charge is 2.45. The van der Waals surface area contributed by atoms with E-state index >= 15 is 0 Å².